The largest absolute Gasteiger partial charge is 0.389 e. The number of hydrogen-bond acceptors (Lipinski definition) is 4. The molecule has 0 radical (unpaired) electrons. The van der Waals surface area contributed by atoms with Crippen LogP contribution in [-0.4, -0.2) is 42.3 Å². The fourth-order valence-electron chi connectivity index (χ4n) is 4.06. The Morgan fingerprint density at radius 3 is 3.04 bits per heavy atom. The highest BCUT2D eigenvalue weighted by Crippen LogP contribution is 2.29. The Hall–Kier alpha value is -2.38. The molecule has 3 atom stereocenters. The van der Waals surface area contributed by atoms with Crippen LogP contribution in [0.2, 0.25) is 5.02 Å². The fraction of sp³-hybridized carbons (Fsp3) is 0.450. The predicted octanol–water partition coefficient (Wildman–Crippen LogP) is 2.63. The Kier molecular flexibility index (Phi) is 5.37. The highest BCUT2D eigenvalue weighted by atomic mass is 35.5. The predicted molar refractivity (Wildman–Crippen MR) is 107 cm³/mol. The summed E-state index contributed by atoms with van der Waals surface area (Å²) in [6.07, 6.45) is 8.13. The summed E-state index contributed by atoms with van der Waals surface area (Å²) in [5.41, 5.74) is 1.82. The summed E-state index contributed by atoms with van der Waals surface area (Å²) in [5.74, 6) is 0.772. The van der Waals surface area contributed by atoms with Gasteiger partial charge in [0.1, 0.15) is 5.82 Å². The van der Waals surface area contributed by atoms with Crippen molar-refractivity contribution in [2.45, 2.75) is 50.3 Å². The molecule has 0 spiro atoms. The van der Waals surface area contributed by atoms with Crippen LogP contribution in [0.1, 0.15) is 37.5 Å². The van der Waals surface area contributed by atoms with E-state index in [1.807, 2.05) is 40.6 Å². The third kappa shape index (κ3) is 3.77. The summed E-state index contributed by atoms with van der Waals surface area (Å²) in [6, 6.07) is 5.31. The Morgan fingerprint density at radius 2 is 2.25 bits per heavy atom. The fourth-order valence-corrected chi connectivity index (χ4v) is 4.22. The first-order chi connectivity index (χ1) is 13.5. The van der Waals surface area contributed by atoms with Gasteiger partial charge in [0.25, 0.3) is 0 Å². The van der Waals surface area contributed by atoms with Gasteiger partial charge in [-0.15, -0.1) is 0 Å². The van der Waals surface area contributed by atoms with Crippen molar-refractivity contribution in [3.63, 3.8) is 0 Å². The number of rotatable bonds is 5. The maximum Gasteiger partial charge on any atom is 0.220 e. The SMILES string of the molecule is Cn1c(CCC(=O)N[C@@H]2CCC[C@@H](n3ccnc3)[C@@H]2O)nc2cc(Cl)ccc21. The van der Waals surface area contributed by atoms with Gasteiger partial charge in [-0.3, -0.25) is 4.79 Å². The van der Waals surface area contributed by atoms with Crippen LogP contribution >= 0.6 is 11.6 Å². The van der Waals surface area contributed by atoms with Gasteiger partial charge in [0.05, 0.1) is 35.5 Å². The number of halogens is 1. The van der Waals surface area contributed by atoms with Gasteiger partial charge in [-0.2, -0.15) is 0 Å². The molecule has 0 bridgehead atoms. The second kappa shape index (κ2) is 7.93. The molecule has 0 aliphatic heterocycles. The van der Waals surface area contributed by atoms with Gasteiger partial charge in [-0.25, -0.2) is 9.97 Å². The van der Waals surface area contributed by atoms with E-state index in [0.717, 1.165) is 36.1 Å². The number of nitrogens with zero attached hydrogens (tertiary/aromatic N) is 4. The van der Waals surface area contributed by atoms with Gasteiger partial charge in [0.15, 0.2) is 0 Å². The minimum atomic E-state index is -0.621. The monoisotopic (exact) mass is 401 g/mol. The minimum Gasteiger partial charge on any atom is -0.389 e. The van der Waals surface area contributed by atoms with Crippen LogP contribution in [0.4, 0.5) is 0 Å². The van der Waals surface area contributed by atoms with Gasteiger partial charge in [-0.05, 0) is 37.5 Å². The zero-order valence-corrected chi connectivity index (χ0v) is 16.5. The van der Waals surface area contributed by atoms with Gasteiger partial charge in [-0.1, -0.05) is 11.6 Å². The van der Waals surface area contributed by atoms with E-state index in [0.29, 0.717) is 17.9 Å². The van der Waals surface area contributed by atoms with E-state index in [2.05, 4.69) is 15.3 Å². The number of amides is 1. The smallest absolute Gasteiger partial charge is 0.220 e. The van der Waals surface area contributed by atoms with Crippen molar-refractivity contribution in [2.75, 3.05) is 0 Å². The second-order valence-electron chi connectivity index (χ2n) is 7.39. The van der Waals surface area contributed by atoms with Crippen LogP contribution in [0.3, 0.4) is 0 Å². The summed E-state index contributed by atoms with van der Waals surface area (Å²) in [6.45, 7) is 0. The minimum absolute atomic E-state index is 0.0499. The number of carbonyl (C=O) groups is 1. The number of hydrogen-bond donors (Lipinski definition) is 2. The molecule has 148 valence electrons. The van der Waals surface area contributed by atoms with Crippen molar-refractivity contribution in [1.82, 2.24) is 24.4 Å². The maximum absolute atomic E-state index is 12.5. The zero-order chi connectivity index (χ0) is 19.7. The lowest BCUT2D eigenvalue weighted by Gasteiger charge is -2.35. The number of fused-ring (bicyclic) bond motifs is 1. The van der Waals surface area contributed by atoms with E-state index in [-0.39, 0.29) is 18.0 Å². The molecule has 1 fully saturated rings. The molecule has 1 aromatic carbocycles. The van der Waals surface area contributed by atoms with Crippen LogP contribution in [0, 0.1) is 0 Å². The van der Waals surface area contributed by atoms with Crippen molar-refractivity contribution in [3.8, 4) is 0 Å². The van der Waals surface area contributed by atoms with Crippen LogP contribution < -0.4 is 5.32 Å². The highest BCUT2D eigenvalue weighted by molar-refractivity contribution is 6.31. The molecule has 1 saturated carbocycles. The van der Waals surface area contributed by atoms with E-state index < -0.39 is 6.10 Å². The molecule has 2 aromatic heterocycles. The molecule has 1 aliphatic rings. The second-order valence-corrected chi connectivity index (χ2v) is 7.83. The first kappa shape index (κ1) is 19.0. The quantitative estimate of drug-likeness (QED) is 0.688. The topological polar surface area (TPSA) is 85.0 Å². The number of aryl methyl sites for hydroxylation is 2. The molecule has 4 rings (SSSR count). The van der Waals surface area contributed by atoms with E-state index in [1.54, 1.807) is 12.5 Å². The lowest BCUT2D eigenvalue weighted by Crippen LogP contribution is -2.49. The van der Waals surface area contributed by atoms with E-state index in [9.17, 15) is 9.90 Å². The first-order valence-corrected chi connectivity index (χ1v) is 9.96. The highest BCUT2D eigenvalue weighted by Gasteiger charge is 2.33. The molecule has 1 aliphatic carbocycles. The van der Waals surface area contributed by atoms with Crippen LogP contribution in [0.5, 0.6) is 0 Å². The normalized spacial score (nSPS) is 22.5. The summed E-state index contributed by atoms with van der Waals surface area (Å²) in [5, 5.41) is 14.4. The maximum atomic E-state index is 12.5. The van der Waals surface area contributed by atoms with Crippen molar-refractivity contribution in [3.05, 3.63) is 47.8 Å². The molecule has 0 saturated heterocycles. The molecular weight excluding hydrogens is 378 g/mol. The van der Waals surface area contributed by atoms with Gasteiger partial charge in [0, 0.05) is 37.3 Å². The molecule has 7 nitrogen and oxygen atoms in total. The van der Waals surface area contributed by atoms with Gasteiger partial charge >= 0.3 is 0 Å². The number of aliphatic hydroxyl groups is 1. The van der Waals surface area contributed by atoms with Crippen molar-refractivity contribution in [2.24, 2.45) is 7.05 Å². The first-order valence-electron chi connectivity index (χ1n) is 9.58. The van der Waals surface area contributed by atoms with Crippen LogP contribution in [0.25, 0.3) is 11.0 Å². The number of carbonyl (C=O) groups excluding carboxylic acids is 1. The van der Waals surface area contributed by atoms with Crippen molar-refractivity contribution >= 4 is 28.5 Å². The standard InChI is InChI=1S/C20H24ClN5O2/c1-25-16-6-5-13(21)11-15(16)23-18(25)7-8-19(27)24-14-3-2-4-17(20(14)28)26-10-9-22-12-26/h5-6,9-12,14,17,20,28H,2-4,7-8H2,1H3,(H,24,27)/t14-,17-,20-/m1/s1. The number of imidazole rings is 2. The summed E-state index contributed by atoms with van der Waals surface area (Å²) in [4.78, 5) is 21.2. The molecule has 2 N–H and O–H groups in total. The average molecular weight is 402 g/mol. The Labute approximate surface area is 168 Å². The van der Waals surface area contributed by atoms with E-state index in [1.165, 1.54) is 0 Å². The Morgan fingerprint density at radius 1 is 1.39 bits per heavy atom. The Balaban J connectivity index is 1.37. The molecule has 1 amide bonds. The lowest BCUT2D eigenvalue weighted by atomic mass is 9.88. The van der Waals surface area contributed by atoms with Gasteiger partial charge in [0.2, 0.25) is 5.91 Å². The number of aliphatic hydroxyl groups excluding tert-OH is 1. The molecule has 0 unspecified atom stereocenters. The molecular formula is C20H24ClN5O2. The summed E-state index contributed by atoms with van der Waals surface area (Å²) < 4.78 is 3.91. The third-order valence-electron chi connectivity index (χ3n) is 5.59. The number of nitrogens with one attached hydrogen (secondary N) is 1. The van der Waals surface area contributed by atoms with Gasteiger partial charge < -0.3 is 19.6 Å². The Bertz CT molecular complexity index is 969. The average Bonchev–Trinajstić information content (AvgIpc) is 3.30. The van der Waals surface area contributed by atoms with E-state index in [4.69, 9.17) is 11.6 Å². The van der Waals surface area contributed by atoms with Crippen LogP contribution in [-0.2, 0) is 18.3 Å². The lowest BCUT2D eigenvalue weighted by molar-refractivity contribution is -0.123. The van der Waals surface area contributed by atoms with Crippen molar-refractivity contribution < 1.29 is 9.90 Å². The van der Waals surface area contributed by atoms with Crippen LogP contribution in [0.15, 0.2) is 36.9 Å². The summed E-state index contributed by atoms with van der Waals surface area (Å²) in [7, 11) is 1.94. The molecule has 3 aromatic rings. The third-order valence-corrected chi connectivity index (χ3v) is 5.82. The van der Waals surface area contributed by atoms with E-state index >= 15 is 0 Å². The molecule has 2 heterocycles. The molecule has 8 heteroatoms. The summed E-state index contributed by atoms with van der Waals surface area (Å²) >= 11 is 6.04. The molecule has 28 heavy (non-hydrogen) atoms. The van der Waals surface area contributed by atoms with Crippen molar-refractivity contribution in [1.29, 1.82) is 0 Å². The number of benzene rings is 1. The number of aromatic nitrogens is 4. The zero-order valence-electron chi connectivity index (χ0n) is 15.8.